The van der Waals surface area contributed by atoms with Crippen molar-refractivity contribution in [1.82, 2.24) is 5.32 Å². The zero-order valence-corrected chi connectivity index (χ0v) is 13.2. The molecule has 0 fully saturated rings. The van der Waals surface area contributed by atoms with E-state index in [1.165, 1.54) is 20.1 Å². The van der Waals surface area contributed by atoms with Crippen LogP contribution in [0.25, 0.3) is 0 Å². The second kappa shape index (κ2) is 10.6. The van der Waals surface area contributed by atoms with Gasteiger partial charge in [-0.25, -0.2) is 14.3 Å². The minimum atomic E-state index is -2.68. The number of alkyl halides is 2. The minimum Gasteiger partial charge on any atom is -0.391 e. The molecule has 6 nitrogen and oxygen atoms in total. The Bertz CT molecular complexity index is 473. The summed E-state index contributed by atoms with van der Waals surface area (Å²) < 4.78 is 26.0. The molecule has 0 spiro atoms. The Kier molecular flexibility index (Phi) is 9.56. The molecule has 1 atom stereocenters. The molecule has 0 unspecified atom stereocenters. The molecule has 22 heavy (non-hydrogen) atoms. The molecule has 1 amide bonds. The fraction of sp³-hybridized carbons (Fsp3) is 0.571. The van der Waals surface area contributed by atoms with Crippen LogP contribution in [0.3, 0.4) is 0 Å². The third-order valence-electron chi connectivity index (χ3n) is 2.76. The highest BCUT2D eigenvalue weighted by atomic mass is 19.3. The maximum Gasteiger partial charge on any atom is 0.260 e. The Labute approximate surface area is 128 Å². The molecule has 0 rings (SSSR count). The standard InChI is InChI=1S/C14H22F2N4O2/c1-5-7-12(19-14(21)10(4)20-17)11(8-22-18-6-2)9(3)13(15)16/h6-7,10,13,17H,5,8H2,1-4H3,(H,19,21)/b11-9+,12-7+,18-6-,20-17?/t10-/m0/s1. The molecule has 0 saturated carbocycles. The topological polar surface area (TPSA) is 86.9 Å². The molecule has 0 bridgehead atoms. The smallest absolute Gasteiger partial charge is 0.260 e. The van der Waals surface area contributed by atoms with Gasteiger partial charge < -0.3 is 10.2 Å². The number of halogens is 2. The number of nitrogens with one attached hydrogen (secondary N) is 2. The normalized spacial score (nSPS) is 14.8. The van der Waals surface area contributed by atoms with Crippen LogP contribution in [0.4, 0.5) is 8.78 Å². The number of oxime groups is 1. The average molecular weight is 316 g/mol. The second-order valence-corrected chi connectivity index (χ2v) is 4.42. The van der Waals surface area contributed by atoms with Crippen LogP contribution in [-0.4, -0.2) is 31.2 Å². The van der Waals surface area contributed by atoms with Gasteiger partial charge >= 0.3 is 0 Å². The molecule has 0 aromatic heterocycles. The van der Waals surface area contributed by atoms with E-state index in [1.54, 1.807) is 13.0 Å². The summed E-state index contributed by atoms with van der Waals surface area (Å²) in [6.45, 7) is 5.95. The van der Waals surface area contributed by atoms with Crippen LogP contribution in [0.2, 0.25) is 0 Å². The van der Waals surface area contributed by atoms with Crippen LogP contribution in [0.1, 0.15) is 34.1 Å². The summed E-state index contributed by atoms with van der Waals surface area (Å²) >= 11 is 0. The Balaban J connectivity index is 5.50. The molecule has 124 valence electrons. The second-order valence-electron chi connectivity index (χ2n) is 4.42. The minimum absolute atomic E-state index is 0.160. The fourth-order valence-electron chi connectivity index (χ4n) is 1.46. The van der Waals surface area contributed by atoms with Crippen molar-refractivity contribution >= 4 is 12.1 Å². The lowest BCUT2D eigenvalue weighted by Crippen LogP contribution is -2.32. The lowest BCUT2D eigenvalue weighted by atomic mass is 10.1. The molecule has 0 aliphatic heterocycles. The van der Waals surface area contributed by atoms with Gasteiger partial charge in [0, 0.05) is 23.1 Å². The molecular formula is C14H22F2N4O2. The molecule has 0 aromatic rings. The Morgan fingerprint density at radius 1 is 1.45 bits per heavy atom. The van der Waals surface area contributed by atoms with E-state index >= 15 is 0 Å². The van der Waals surface area contributed by atoms with Gasteiger partial charge in [0.2, 0.25) is 0 Å². The van der Waals surface area contributed by atoms with Crippen molar-refractivity contribution in [2.24, 2.45) is 10.3 Å². The van der Waals surface area contributed by atoms with E-state index in [9.17, 15) is 13.6 Å². The lowest BCUT2D eigenvalue weighted by molar-refractivity contribution is -0.121. The van der Waals surface area contributed by atoms with Crippen LogP contribution in [0.5, 0.6) is 0 Å². The highest BCUT2D eigenvalue weighted by molar-refractivity contribution is 5.83. The third kappa shape index (κ3) is 6.55. The van der Waals surface area contributed by atoms with E-state index in [1.807, 2.05) is 6.92 Å². The summed E-state index contributed by atoms with van der Waals surface area (Å²) in [5.41, 5.74) is 7.03. The molecule has 0 heterocycles. The number of hydrogen-bond donors (Lipinski definition) is 2. The molecule has 0 aliphatic rings. The van der Waals surface area contributed by atoms with Crippen LogP contribution < -0.4 is 5.32 Å². The first-order chi connectivity index (χ1) is 10.4. The van der Waals surface area contributed by atoms with E-state index in [4.69, 9.17) is 10.4 Å². The van der Waals surface area contributed by atoms with Gasteiger partial charge in [-0.2, -0.15) is 5.11 Å². The Hall–Kier alpha value is -2.12. The number of carbonyl (C=O) groups excluding carboxylic acids is 1. The van der Waals surface area contributed by atoms with Gasteiger partial charge in [-0.3, -0.25) is 4.79 Å². The largest absolute Gasteiger partial charge is 0.391 e. The van der Waals surface area contributed by atoms with Crippen molar-refractivity contribution in [1.29, 1.82) is 5.53 Å². The number of hydrogen-bond acceptors (Lipinski definition) is 5. The van der Waals surface area contributed by atoms with Gasteiger partial charge in [0.15, 0.2) is 0 Å². The van der Waals surface area contributed by atoms with Gasteiger partial charge in [-0.05, 0) is 27.2 Å². The van der Waals surface area contributed by atoms with Gasteiger partial charge in [0.05, 0.1) is 0 Å². The highest BCUT2D eigenvalue weighted by Gasteiger charge is 2.20. The number of rotatable bonds is 9. The van der Waals surface area contributed by atoms with E-state index in [2.05, 4.69) is 15.6 Å². The maximum absolute atomic E-state index is 13.0. The summed E-state index contributed by atoms with van der Waals surface area (Å²) in [6.07, 6.45) is 0.839. The number of allylic oxidation sites excluding steroid dienone is 2. The monoisotopic (exact) mass is 316 g/mol. The van der Waals surface area contributed by atoms with Crippen molar-refractivity contribution < 1.29 is 18.4 Å². The summed E-state index contributed by atoms with van der Waals surface area (Å²) in [7, 11) is 0. The molecule has 0 saturated heterocycles. The first-order valence-electron chi connectivity index (χ1n) is 6.84. The summed E-state index contributed by atoms with van der Waals surface area (Å²) in [5, 5.41) is 9.16. The van der Waals surface area contributed by atoms with E-state index in [-0.39, 0.29) is 23.5 Å². The van der Waals surface area contributed by atoms with Crippen LogP contribution in [0.15, 0.2) is 33.2 Å². The third-order valence-corrected chi connectivity index (χ3v) is 2.76. The zero-order chi connectivity index (χ0) is 17.1. The molecule has 0 radical (unpaired) electrons. The Morgan fingerprint density at radius 2 is 2.09 bits per heavy atom. The number of carbonyl (C=O) groups is 1. The van der Waals surface area contributed by atoms with E-state index in [0.717, 1.165) is 0 Å². The quantitative estimate of drug-likeness (QED) is 0.295. The van der Waals surface area contributed by atoms with Crippen LogP contribution >= 0.6 is 0 Å². The van der Waals surface area contributed by atoms with Gasteiger partial charge in [0.1, 0.15) is 12.6 Å². The zero-order valence-electron chi connectivity index (χ0n) is 13.2. The van der Waals surface area contributed by atoms with E-state index in [0.29, 0.717) is 6.42 Å². The van der Waals surface area contributed by atoms with Crippen molar-refractivity contribution in [2.45, 2.75) is 46.6 Å². The molecular weight excluding hydrogens is 294 g/mol. The average Bonchev–Trinajstić information content (AvgIpc) is 2.49. The summed E-state index contributed by atoms with van der Waals surface area (Å²) in [5.74, 6) is -0.548. The number of amides is 1. The first-order valence-corrected chi connectivity index (χ1v) is 6.84. The molecule has 0 aliphatic carbocycles. The Morgan fingerprint density at radius 3 is 2.55 bits per heavy atom. The van der Waals surface area contributed by atoms with Crippen molar-refractivity contribution in [3.63, 3.8) is 0 Å². The van der Waals surface area contributed by atoms with Crippen LogP contribution in [0, 0.1) is 5.53 Å². The summed E-state index contributed by atoms with van der Waals surface area (Å²) in [6, 6.07) is -0.900. The van der Waals surface area contributed by atoms with Crippen LogP contribution in [-0.2, 0) is 9.63 Å². The fourth-order valence-corrected chi connectivity index (χ4v) is 1.46. The highest BCUT2D eigenvalue weighted by Crippen LogP contribution is 2.20. The predicted molar refractivity (Wildman–Crippen MR) is 79.9 cm³/mol. The van der Waals surface area contributed by atoms with Gasteiger partial charge in [-0.1, -0.05) is 18.2 Å². The summed E-state index contributed by atoms with van der Waals surface area (Å²) in [4.78, 5) is 16.8. The number of nitrogens with zero attached hydrogens (tertiary/aromatic N) is 2. The van der Waals surface area contributed by atoms with Crippen molar-refractivity contribution in [3.05, 3.63) is 22.9 Å². The van der Waals surface area contributed by atoms with E-state index < -0.39 is 18.4 Å². The lowest BCUT2D eigenvalue weighted by Gasteiger charge is -2.17. The first kappa shape index (κ1) is 19.9. The van der Waals surface area contributed by atoms with Gasteiger partial charge in [0.25, 0.3) is 12.3 Å². The van der Waals surface area contributed by atoms with Crippen molar-refractivity contribution in [2.75, 3.05) is 6.61 Å². The van der Waals surface area contributed by atoms with Crippen molar-refractivity contribution in [3.8, 4) is 0 Å². The predicted octanol–water partition coefficient (Wildman–Crippen LogP) is 3.42. The SMILES string of the molecule is C/C=N\OCC(=C(/C)C(F)F)/C(=C\CC)NC(=O)[C@H](C)N=N. The molecule has 0 aromatic carbocycles. The molecule has 2 N–H and O–H groups in total. The van der Waals surface area contributed by atoms with Gasteiger partial charge in [-0.15, -0.1) is 0 Å². The molecule has 8 heteroatoms. The maximum atomic E-state index is 13.0.